The van der Waals surface area contributed by atoms with Crippen molar-refractivity contribution in [3.63, 3.8) is 0 Å². The average molecular weight is 1160 g/mol. The SMILES string of the molecule is Cc1cnc(-c2[c-]c3c(nc2)oc2c(-c4cccc5c4sc4ccccc45)cccc23)cc1CC(C)(C)C.[CH3][Ge]([CH3])([CH3])[c]1cnc(-c2[c-]ccc3c2sc2ccccc23)cc1CC1CCCC1.[Ir]. The maximum absolute atomic E-state index is 6.40. The van der Waals surface area contributed by atoms with E-state index in [-0.39, 0.29) is 25.5 Å². The minimum absolute atomic E-state index is 0. The number of thiophene rings is 2. The second-order valence-electron chi connectivity index (χ2n) is 20.8. The van der Waals surface area contributed by atoms with E-state index >= 15 is 0 Å². The van der Waals surface area contributed by atoms with Crippen molar-refractivity contribution in [2.45, 2.75) is 83.5 Å². The van der Waals surface area contributed by atoms with Gasteiger partial charge in [-0.15, -0.1) is 17.4 Å². The van der Waals surface area contributed by atoms with E-state index in [0.29, 0.717) is 5.71 Å². The summed E-state index contributed by atoms with van der Waals surface area (Å²) in [6.07, 6.45) is 13.8. The fraction of sp³-hybridized carbons (Fsp3) is 0.250. The molecular weight excluding hydrogens is 1110 g/mol. The van der Waals surface area contributed by atoms with Gasteiger partial charge in [-0.05, 0) is 47.5 Å². The van der Waals surface area contributed by atoms with E-state index in [1.807, 2.05) is 35.1 Å². The van der Waals surface area contributed by atoms with Crippen LogP contribution in [-0.2, 0) is 32.9 Å². The zero-order chi connectivity index (χ0) is 46.0. The van der Waals surface area contributed by atoms with Gasteiger partial charge in [0.2, 0.25) is 0 Å². The number of aromatic nitrogens is 3. The van der Waals surface area contributed by atoms with Gasteiger partial charge in [-0.3, -0.25) is 4.98 Å². The molecule has 0 amide bonds. The largest absolute Gasteiger partial charge is 0 e. The van der Waals surface area contributed by atoms with Gasteiger partial charge in [0, 0.05) is 63.3 Å². The van der Waals surface area contributed by atoms with Crippen LogP contribution in [0.2, 0.25) is 17.3 Å². The summed E-state index contributed by atoms with van der Waals surface area (Å²) >= 11 is 1.74. The molecule has 11 aromatic rings. The van der Waals surface area contributed by atoms with Gasteiger partial charge in [0.15, 0.2) is 5.71 Å². The first kappa shape index (κ1) is 46.7. The quantitative estimate of drug-likeness (QED) is 0.118. The van der Waals surface area contributed by atoms with E-state index in [4.69, 9.17) is 19.4 Å². The van der Waals surface area contributed by atoms with Gasteiger partial charge in [-0.1, -0.05) is 92.4 Å². The van der Waals surface area contributed by atoms with Crippen LogP contribution in [0.3, 0.4) is 0 Å². The van der Waals surface area contributed by atoms with Crippen molar-refractivity contribution in [2.24, 2.45) is 11.3 Å². The Hall–Kier alpha value is -5.02. The number of hydrogen-bond donors (Lipinski definition) is 0. The molecule has 8 heteroatoms. The molecule has 5 aromatic carbocycles. The third-order valence-electron chi connectivity index (χ3n) is 13.5. The van der Waals surface area contributed by atoms with Crippen LogP contribution in [0.5, 0.6) is 0 Å². The van der Waals surface area contributed by atoms with Gasteiger partial charge < -0.3 is 9.40 Å². The molecule has 1 saturated carbocycles. The maximum atomic E-state index is 6.40. The molecule has 68 heavy (non-hydrogen) atoms. The first-order chi connectivity index (χ1) is 32.4. The molecule has 6 heterocycles. The average Bonchev–Trinajstić information content (AvgIpc) is 4.13. The number of aryl methyl sites for hydroxylation is 1. The normalized spacial score (nSPS) is 13.5. The molecule has 343 valence electrons. The van der Waals surface area contributed by atoms with E-state index in [1.54, 1.807) is 9.96 Å². The van der Waals surface area contributed by atoms with Gasteiger partial charge in [-0.2, -0.15) is 0 Å². The number of rotatable bonds is 7. The third kappa shape index (κ3) is 9.02. The van der Waals surface area contributed by atoms with E-state index in [0.717, 1.165) is 51.2 Å². The van der Waals surface area contributed by atoms with Crippen molar-refractivity contribution >= 4 is 103 Å². The summed E-state index contributed by atoms with van der Waals surface area (Å²) < 4.78 is 13.2. The molecule has 1 aliphatic carbocycles. The molecule has 0 unspecified atom stereocenters. The van der Waals surface area contributed by atoms with Crippen LogP contribution in [0.4, 0.5) is 0 Å². The summed E-state index contributed by atoms with van der Waals surface area (Å²) in [5.74, 6) is 8.34. The van der Waals surface area contributed by atoms with Crippen LogP contribution in [0.25, 0.3) is 96.1 Å². The van der Waals surface area contributed by atoms with Crippen LogP contribution in [0.15, 0.2) is 132 Å². The van der Waals surface area contributed by atoms with Crippen LogP contribution in [-0.4, -0.2) is 28.2 Å². The van der Waals surface area contributed by atoms with Crippen LogP contribution in [0, 0.1) is 30.4 Å². The molecule has 1 fully saturated rings. The molecule has 0 saturated heterocycles. The number of para-hydroxylation sites is 1. The summed E-state index contributed by atoms with van der Waals surface area (Å²) in [6, 6.07) is 46.2. The van der Waals surface area contributed by atoms with E-state index in [2.05, 4.69) is 172 Å². The minimum Gasteiger partial charge on any atom is 0 e. The fourth-order valence-electron chi connectivity index (χ4n) is 10.3. The summed E-state index contributed by atoms with van der Waals surface area (Å²) in [5.41, 5.74) is 12.0. The molecule has 6 aromatic heterocycles. The zero-order valence-electron chi connectivity index (χ0n) is 39.8. The van der Waals surface area contributed by atoms with Crippen molar-refractivity contribution in [1.29, 1.82) is 0 Å². The number of pyridine rings is 3. The third-order valence-corrected chi connectivity index (χ3v) is 20.3. The maximum Gasteiger partial charge on any atom is 0 e. The molecule has 1 radical (unpaired) electrons. The fourth-order valence-corrected chi connectivity index (χ4v) is 16.0. The predicted octanol–water partition coefficient (Wildman–Crippen LogP) is 17.0. The van der Waals surface area contributed by atoms with E-state index < -0.39 is 13.3 Å². The van der Waals surface area contributed by atoms with Gasteiger partial charge in [0.05, 0.1) is 0 Å². The van der Waals surface area contributed by atoms with Crippen molar-refractivity contribution in [2.75, 3.05) is 0 Å². The summed E-state index contributed by atoms with van der Waals surface area (Å²) in [5, 5.41) is 7.16. The summed E-state index contributed by atoms with van der Waals surface area (Å²) in [6.45, 7) is 8.92. The first-order valence-electron chi connectivity index (χ1n) is 23.8. The Morgan fingerprint density at radius 2 is 1.31 bits per heavy atom. The molecule has 0 atom stereocenters. The van der Waals surface area contributed by atoms with Gasteiger partial charge in [-0.25, -0.2) is 0 Å². The second kappa shape index (κ2) is 18.7. The predicted molar refractivity (Wildman–Crippen MR) is 290 cm³/mol. The molecular formula is C60H55GeIrN3OS2-2. The molecule has 0 N–H and O–H groups in total. The number of nitrogens with zero attached hydrogens (tertiary/aromatic N) is 3. The summed E-state index contributed by atoms with van der Waals surface area (Å²) in [7, 11) is 0. The number of benzene rings is 5. The Labute approximate surface area is 424 Å². The Morgan fingerprint density at radius 3 is 2.03 bits per heavy atom. The van der Waals surface area contributed by atoms with E-state index in [9.17, 15) is 0 Å². The van der Waals surface area contributed by atoms with Crippen LogP contribution < -0.4 is 4.40 Å². The standard InChI is InChI=1S/C34H27N2OS.C26H28GeNS.Ir/c1-20-18-35-29(16-21(20)17-34(2,3)4)22-15-28-25-11-7-10-24(31(25)37-33(28)36-19-22)27-13-8-12-26-23-9-5-6-14-30(23)38-32(26)27;1-27(2,3)23-17-28-24(16-19(23)15-18-9-4-5-10-18)22-13-8-12-21-20-11-6-7-14-25(20)29-26(21)22;/h5-14,16,18-19H,17H2,1-4H3;6-8,11-12,14,16-18H,4-5,9-10,15H2,1-3H3;/q2*-1;. The minimum atomic E-state index is -1.96. The Kier molecular flexibility index (Phi) is 12.9. The smallest absolute Gasteiger partial charge is 0 e. The van der Waals surface area contributed by atoms with Gasteiger partial charge >= 0.3 is 181 Å². The van der Waals surface area contributed by atoms with Crippen molar-refractivity contribution in [1.82, 2.24) is 15.0 Å². The molecule has 0 bridgehead atoms. The second-order valence-corrected chi connectivity index (χ2v) is 33.5. The molecule has 0 spiro atoms. The first-order valence-corrected chi connectivity index (χ1v) is 32.8. The van der Waals surface area contributed by atoms with Crippen molar-refractivity contribution in [3.8, 4) is 33.6 Å². The van der Waals surface area contributed by atoms with Crippen molar-refractivity contribution < 1.29 is 24.5 Å². The molecule has 12 rings (SSSR count). The summed E-state index contributed by atoms with van der Waals surface area (Å²) in [4.78, 5) is 14.4. The molecule has 4 nitrogen and oxygen atoms in total. The topological polar surface area (TPSA) is 51.8 Å². The van der Waals surface area contributed by atoms with Crippen LogP contribution in [0.1, 0.15) is 63.1 Å². The Bertz CT molecular complexity index is 3660. The van der Waals surface area contributed by atoms with Gasteiger partial charge in [0.25, 0.3) is 0 Å². The van der Waals surface area contributed by atoms with Crippen LogP contribution >= 0.6 is 22.7 Å². The van der Waals surface area contributed by atoms with Crippen molar-refractivity contribution in [3.05, 3.63) is 157 Å². The number of fused-ring (bicyclic) bond motifs is 9. The molecule has 1 aliphatic rings. The number of furan rings is 1. The molecule has 0 aliphatic heterocycles. The van der Waals surface area contributed by atoms with Gasteiger partial charge in [0.1, 0.15) is 5.58 Å². The Morgan fingerprint density at radius 1 is 0.676 bits per heavy atom. The Balaban J connectivity index is 0.000000162. The zero-order valence-corrected chi connectivity index (χ0v) is 46.0. The number of hydrogen-bond acceptors (Lipinski definition) is 6. The van der Waals surface area contributed by atoms with E-state index in [1.165, 1.54) is 94.7 Å². The monoisotopic (exact) mass is 1160 g/mol.